The van der Waals surface area contributed by atoms with Crippen molar-refractivity contribution in [3.63, 3.8) is 0 Å². The van der Waals surface area contributed by atoms with E-state index in [-0.39, 0.29) is 52.3 Å². The van der Waals surface area contributed by atoms with Gasteiger partial charge in [-0.2, -0.15) is 8.42 Å². The molecule has 0 amide bonds. The molecular weight excluding hydrogens is 269 g/mol. The van der Waals surface area contributed by atoms with Crippen molar-refractivity contribution < 1.29 is 48.9 Å². The number of nitro benzene ring substituents is 1. The smallest absolute Gasteiger partial charge is 1.00 e. The molecule has 2 aromatic rings. The number of fused-ring (bicyclic) bond motifs is 1. The summed E-state index contributed by atoms with van der Waals surface area (Å²) in [6, 6.07) is 8.03. The van der Waals surface area contributed by atoms with Crippen LogP contribution in [0.1, 0.15) is 1.43 Å². The number of benzene rings is 2. The van der Waals surface area contributed by atoms with E-state index < -0.39 is 15.0 Å². The zero-order valence-electron chi connectivity index (χ0n) is 10.4. The molecule has 2 rings (SSSR count). The second-order valence-corrected chi connectivity index (χ2v) is 4.75. The minimum absolute atomic E-state index is 0. The fourth-order valence-corrected chi connectivity index (χ4v) is 2.36. The Morgan fingerprint density at radius 3 is 2.22 bits per heavy atom. The minimum atomic E-state index is -4.39. The third-order valence-electron chi connectivity index (χ3n) is 2.33. The van der Waals surface area contributed by atoms with Gasteiger partial charge in [0.05, 0.1) is 10.3 Å². The number of hydrogen-bond donors (Lipinski definition) is 1. The number of non-ortho nitro benzene ring substituents is 1. The van der Waals surface area contributed by atoms with Crippen LogP contribution >= 0.6 is 0 Å². The molecule has 0 bridgehead atoms. The van der Waals surface area contributed by atoms with Crippen molar-refractivity contribution in [2.24, 2.45) is 0 Å². The van der Waals surface area contributed by atoms with E-state index in [1.54, 1.807) is 0 Å². The zero-order chi connectivity index (χ0) is 12.6. The molecule has 0 atom stereocenters. The zero-order valence-corrected chi connectivity index (χ0v) is 12.2. The normalized spacial score (nSPS) is 10.9. The van der Waals surface area contributed by atoms with Crippen molar-refractivity contribution >= 4 is 26.6 Å². The molecule has 0 fully saturated rings. The molecule has 6 nitrogen and oxygen atoms in total. The van der Waals surface area contributed by atoms with Crippen molar-refractivity contribution in [3.05, 3.63) is 46.5 Å². The second-order valence-electron chi connectivity index (χ2n) is 3.36. The first-order valence-corrected chi connectivity index (χ1v) is 5.99. The van der Waals surface area contributed by atoms with E-state index in [4.69, 9.17) is 4.55 Å². The van der Waals surface area contributed by atoms with Gasteiger partial charge in [0.25, 0.3) is 15.8 Å². The predicted octanol–water partition coefficient (Wildman–Crippen LogP) is -0.889. The van der Waals surface area contributed by atoms with Gasteiger partial charge in [-0.25, -0.2) is 0 Å². The fourth-order valence-electron chi connectivity index (χ4n) is 1.65. The molecule has 0 aromatic heterocycles. The van der Waals surface area contributed by atoms with Crippen molar-refractivity contribution in [1.29, 1.82) is 0 Å². The minimum Gasteiger partial charge on any atom is -1.00 e. The van der Waals surface area contributed by atoms with Crippen LogP contribution in [0, 0.1) is 10.1 Å². The van der Waals surface area contributed by atoms with Crippen LogP contribution in [0.15, 0.2) is 41.3 Å². The van der Waals surface area contributed by atoms with Gasteiger partial charge in [-0.05, 0) is 12.1 Å². The summed E-state index contributed by atoms with van der Waals surface area (Å²) in [6.45, 7) is 0. The van der Waals surface area contributed by atoms with Crippen LogP contribution < -0.4 is 29.6 Å². The second kappa shape index (κ2) is 5.33. The molecule has 8 heteroatoms. The Bertz CT molecular complexity index is 719. The van der Waals surface area contributed by atoms with E-state index in [2.05, 4.69) is 0 Å². The predicted molar refractivity (Wildman–Crippen MR) is 61.5 cm³/mol. The molecule has 0 aliphatic carbocycles. The standard InChI is InChI=1S/C10H7NO5S.Na.H/c12-11(13)9-5-1-4-8-7(9)3-2-6-10(8)17(14,15)16;;/h1-6H,(H,14,15,16);;/q;+1;-1. The third-order valence-corrected chi connectivity index (χ3v) is 3.25. The molecular formula is C10H8NNaO5S. The summed E-state index contributed by atoms with van der Waals surface area (Å²) in [5.41, 5.74) is -0.201. The summed E-state index contributed by atoms with van der Waals surface area (Å²) < 4.78 is 31.2. The first-order valence-electron chi connectivity index (χ1n) is 4.55. The molecule has 0 spiro atoms. The Morgan fingerprint density at radius 2 is 1.67 bits per heavy atom. The molecule has 0 radical (unpaired) electrons. The SMILES string of the molecule is O=[N+]([O-])c1cccc2c(S(=O)(=O)O)cccc12.[H-].[Na+]. The molecule has 90 valence electrons. The average molecular weight is 277 g/mol. The van der Waals surface area contributed by atoms with Crippen LogP contribution in [-0.4, -0.2) is 17.9 Å². The molecule has 0 saturated heterocycles. The Morgan fingerprint density at radius 1 is 1.11 bits per heavy atom. The monoisotopic (exact) mass is 277 g/mol. The van der Waals surface area contributed by atoms with E-state index >= 15 is 0 Å². The molecule has 0 unspecified atom stereocenters. The van der Waals surface area contributed by atoms with Gasteiger partial charge in [-0.1, -0.05) is 18.2 Å². The van der Waals surface area contributed by atoms with Gasteiger partial charge in [0.15, 0.2) is 0 Å². The topological polar surface area (TPSA) is 97.5 Å². The van der Waals surface area contributed by atoms with E-state index in [0.29, 0.717) is 0 Å². The number of nitrogens with zero attached hydrogens (tertiary/aromatic N) is 1. The average Bonchev–Trinajstić information content (AvgIpc) is 2.26. The van der Waals surface area contributed by atoms with Crippen LogP contribution in [0.3, 0.4) is 0 Å². The first-order chi connectivity index (χ1) is 7.91. The van der Waals surface area contributed by atoms with Gasteiger partial charge in [-0.15, -0.1) is 0 Å². The molecule has 0 aliphatic rings. The van der Waals surface area contributed by atoms with Crippen LogP contribution in [0.5, 0.6) is 0 Å². The van der Waals surface area contributed by atoms with Crippen molar-refractivity contribution in [3.8, 4) is 0 Å². The maximum absolute atomic E-state index is 11.1. The number of hydrogen-bond acceptors (Lipinski definition) is 4. The van der Waals surface area contributed by atoms with Gasteiger partial charge in [0.2, 0.25) is 0 Å². The first kappa shape index (κ1) is 15.1. The van der Waals surface area contributed by atoms with Gasteiger partial charge in [-0.3, -0.25) is 14.7 Å². The molecule has 0 aliphatic heterocycles. The summed E-state index contributed by atoms with van der Waals surface area (Å²) in [5.74, 6) is 0. The number of rotatable bonds is 2. The van der Waals surface area contributed by atoms with Crippen molar-refractivity contribution in [2.75, 3.05) is 0 Å². The summed E-state index contributed by atoms with van der Waals surface area (Å²) in [4.78, 5) is 9.83. The summed E-state index contributed by atoms with van der Waals surface area (Å²) in [6.07, 6.45) is 0. The summed E-state index contributed by atoms with van der Waals surface area (Å²) in [7, 11) is -4.39. The molecule has 1 N–H and O–H groups in total. The van der Waals surface area contributed by atoms with Crippen LogP contribution in [-0.2, 0) is 10.1 Å². The van der Waals surface area contributed by atoms with E-state index in [0.717, 1.165) is 0 Å². The van der Waals surface area contributed by atoms with Crippen molar-refractivity contribution in [2.45, 2.75) is 4.90 Å². The maximum atomic E-state index is 11.1. The van der Waals surface area contributed by atoms with Gasteiger partial charge in [0.1, 0.15) is 4.90 Å². The Balaban J connectivity index is 0.00000162. The van der Waals surface area contributed by atoms with Crippen molar-refractivity contribution in [1.82, 2.24) is 0 Å². The molecule has 0 heterocycles. The summed E-state index contributed by atoms with van der Waals surface area (Å²) >= 11 is 0. The Kier molecular flexibility index (Phi) is 4.46. The van der Waals surface area contributed by atoms with E-state index in [1.165, 1.54) is 36.4 Å². The maximum Gasteiger partial charge on any atom is 1.00 e. The fraction of sp³-hybridized carbons (Fsp3) is 0. The number of nitro groups is 1. The van der Waals surface area contributed by atoms with Crippen LogP contribution in [0.4, 0.5) is 5.69 Å². The molecule has 2 aromatic carbocycles. The Labute approximate surface area is 126 Å². The van der Waals surface area contributed by atoms with Gasteiger partial charge < -0.3 is 1.43 Å². The quantitative estimate of drug-likeness (QED) is 0.332. The van der Waals surface area contributed by atoms with E-state index in [1.807, 2.05) is 0 Å². The largest absolute Gasteiger partial charge is 1.00 e. The van der Waals surface area contributed by atoms with Gasteiger partial charge in [0, 0.05) is 11.5 Å². The van der Waals surface area contributed by atoms with Crippen LogP contribution in [0.25, 0.3) is 10.8 Å². The molecule has 0 saturated carbocycles. The molecule has 18 heavy (non-hydrogen) atoms. The van der Waals surface area contributed by atoms with E-state index in [9.17, 15) is 18.5 Å². The summed E-state index contributed by atoms with van der Waals surface area (Å²) in [5, 5.41) is 11.1. The van der Waals surface area contributed by atoms with Gasteiger partial charge >= 0.3 is 29.6 Å². The van der Waals surface area contributed by atoms with Crippen LogP contribution in [0.2, 0.25) is 0 Å². The third kappa shape index (κ3) is 2.70. The Hall–Kier alpha value is -0.990.